The summed E-state index contributed by atoms with van der Waals surface area (Å²) in [6.07, 6.45) is 1.01. The van der Waals surface area contributed by atoms with Gasteiger partial charge in [-0.3, -0.25) is 4.18 Å². The van der Waals surface area contributed by atoms with E-state index in [9.17, 15) is 13.2 Å². The predicted molar refractivity (Wildman–Crippen MR) is 123 cm³/mol. The molecular weight excluding hydrogens is 428 g/mol. The van der Waals surface area contributed by atoms with Crippen molar-refractivity contribution in [3.8, 4) is 16.9 Å². The van der Waals surface area contributed by atoms with E-state index in [1.165, 1.54) is 0 Å². The lowest BCUT2D eigenvalue weighted by Crippen LogP contribution is -2.12. The summed E-state index contributed by atoms with van der Waals surface area (Å²) in [6.45, 7) is 4.18. The minimum atomic E-state index is -3.48. The smallest absolute Gasteiger partial charge is 0.338 e. The Morgan fingerprint density at radius 1 is 0.844 bits per heavy atom. The van der Waals surface area contributed by atoms with Crippen LogP contribution < -0.4 is 4.74 Å². The van der Waals surface area contributed by atoms with Gasteiger partial charge in [-0.25, -0.2) is 4.79 Å². The van der Waals surface area contributed by atoms with E-state index >= 15 is 0 Å². The highest BCUT2D eigenvalue weighted by Gasteiger charge is 2.11. The number of ether oxygens (including phenoxy) is 2. The Morgan fingerprint density at radius 3 is 2.06 bits per heavy atom. The number of esters is 1. The van der Waals surface area contributed by atoms with E-state index in [1.54, 1.807) is 12.1 Å². The van der Waals surface area contributed by atoms with E-state index in [-0.39, 0.29) is 25.8 Å². The van der Waals surface area contributed by atoms with Gasteiger partial charge in [0.2, 0.25) is 0 Å². The fourth-order valence-electron chi connectivity index (χ4n) is 3.28. The van der Waals surface area contributed by atoms with Crippen LogP contribution in [0.1, 0.15) is 27.0 Å². The molecule has 0 aromatic heterocycles. The third kappa shape index (κ3) is 6.67. The molecule has 0 heterocycles. The summed E-state index contributed by atoms with van der Waals surface area (Å²) in [6, 6.07) is 20.8. The lowest BCUT2D eigenvalue weighted by Gasteiger charge is -2.14. The molecule has 0 aliphatic heterocycles. The second-order valence-electron chi connectivity index (χ2n) is 7.45. The van der Waals surface area contributed by atoms with E-state index in [2.05, 4.69) is 0 Å². The number of hydrogen-bond donors (Lipinski definition) is 0. The molecule has 0 N–H and O–H groups in total. The number of hydrogen-bond acceptors (Lipinski definition) is 6. The number of benzene rings is 3. The van der Waals surface area contributed by atoms with Gasteiger partial charge in [0, 0.05) is 0 Å². The SMILES string of the molecule is Cc1cc(-c2ccc(C(=O)OCc3ccccc3)cc2)cc(C)c1OCCOS(C)(=O)=O. The summed E-state index contributed by atoms with van der Waals surface area (Å²) >= 11 is 0. The summed E-state index contributed by atoms with van der Waals surface area (Å²) in [7, 11) is -3.48. The third-order valence-electron chi connectivity index (χ3n) is 4.75. The zero-order valence-electron chi connectivity index (χ0n) is 18.3. The van der Waals surface area contributed by atoms with Crippen molar-refractivity contribution in [2.24, 2.45) is 0 Å². The molecule has 32 heavy (non-hydrogen) atoms. The zero-order valence-corrected chi connectivity index (χ0v) is 19.1. The molecule has 3 aromatic carbocycles. The van der Waals surface area contributed by atoms with Gasteiger partial charge in [-0.15, -0.1) is 0 Å². The maximum absolute atomic E-state index is 12.3. The molecule has 0 bridgehead atoms. The average molecular weight is 455 g/mol. The Kier molecular flexibility index (Phi) is 7.66. The van der Waals surface area contributed by atoms with Crippen molar-refractivity contribution in [1.82, 2.24) is 0 Å². The first-order chi connectivity index (χ1) is 15.2. The lowest BCUT2D eigenvalue weighted by atomic mass is 9.99. The van der Waals surface area contributed by atoms with Crippen LogP contribution in [-0.2, 0) is 25.6 Å². The summed E-state index contributed by atoms with van der Waals surface area (Å²) in [5, 5.41) is 0. The van der Waals surface area contributed by atoms with Crippen molar-refractivity contribution in [2.75, 3.05) is 19.5 Å². The third-order valence-corrected chi connectivity index (χ3v) is 5.35. The van der Waals surface area contributed by atoms with E-state index in [0.717, 1.165) is 34.1 Å². The molecule has 0 amide bonds. The van der Waals surface area contributed by atoms with Crippen LogP contribution in [0.25, 0.3) is 11.1 Å². The summed E-state index contributed by atoms with van der Waals surface area (Å²) in [5.41, 5.74) is 5.22. The highest BCUT2D eigenvalue weighted by Crippen LogP contribution is 2.30. The number of rotatable bonds is 9. The Bertz CT molecular complexity index is 1150. The summed E-state index contributed by atoms with van der Waals surface area (Å²) in [4.78, 5) is 12.3. The standard InChI is InChI=1S/C25H26O6S/c1-18-15-23(16-19(2)24(18)29-13-14-31-32(3,27)28)21-9-11-22(12-10-21)25(26)30-17-20-7-5-4-6-8-20/h4-12,15-16H,13-14,17H2,1-3H3. The van der Waals surface area contributed by atoms with Crippen LogP contribution in [0.15, 0.2) is 66.7 Å². The van der Waals surface area contributed by atoms with Crippen molar-refractivity contribution in [1.29, 1.82) is 0 Å². The van der Waals surface area contributed by atoms with E-state index in [0.29, 0.717) is 11.3 Å². The fourth-order valence-corrected chi connectivity index (χ4v) is 3.65. The molecule has 7 heteroatoms. The predicted octanol–water partition coefficient (Wildman–Crippen LogP) is 4.68. The van der Waals surface area contributed by atoms with Crippen LogP contribution in [0.3, 0.4) is 0 Å². The molecule has 0 aliphatic carbocycles. The van der Waals surface area contributed by atoms with Crippen LogP contribution in [-0.4, -0.2) is 33.9 Å². The Labute approximate surface area is 188 Å². The minimum absolute atomic E-state index is 0.0404. The van der Waals surface area contributed by atoms with Gasteiger partial charge in [-0.05, 0) is 65.9 Å². The fraction of sp³-hybridized carbons (Fsp3) is 0.240. The van der Waals surface area contributed by atoms with Crippen LogP contribution in [0, 0.1) is 13.8 Å². The topological polar surface area (TPSA) is 78.9 Å². The number of carbonyl (C=O) groups excluding carboxylic acids is 1. The molecule has 3 rings (SSSR count). The Balaban J connectivity index is 1.64. The van der Waals surface area contributed by atoms with Gasteiger partial charge in [0.15, 0.2) is 0 Å². The molecule has 0 fully saturated rings. The molecule has 0 unspecified atom stereocenters. The van der Waals surface area contributed by atoms with Crippen LogP contribution in [0.5, 0.6) is 5.75 Å². The van der Waals surface area contributed by atoms with Gasteiger partial charge in [0.25, 0.3) is 10.1 Å². The van der Waals surface area contributed by atoms with E-state index in [1.807, 2.05) is 68.4 Å². The number of carbonyl (C=O) groups is 1. The van der Waals surface area contributed by atoms with Gasteiger partial charge in [0.05, 0.1) is 11.8 Å². The van der Waals surface area contributed by atoms with Crippen LogP contribution >= 0.6 is 0 Å². The lowest BCUT2D eigenvalue weighted by molar-refractivity contribution is 0.0472. The molecule has 0 radical (unpaired) electrons. The van der Waals surface area contributed by atoms with Gasteiger partial charge >= 0.3 is 5.97 Å². The van der Waals surface area contributed by atoms with Crippen molar-refractivity contribution >= 4 is 16.1 Å². The zero-order chi connectivity index (χ0) is 23.1. The maximum atomic E-state index is 12.3. The monoisotopic (exact) mass is 454 g/mol. The quantitative estimate of drug-likeness (QED) is 0.265. The second-order valence-corrected chi connectivity index (χ2v) is 9.10. The van der Waals surface area contributed by atoms with Crippen molar-refractivity contribution in [2.45, 2.75) is 20.5 Å². The molecule has 0 atom stereocenters. The largest absolute Gasteiger partial charge is 0.491 e. The van der Waals surface area contributed by atoms with Gasteiger partial charge in [0.1, 0.15) is 25.6 Å². The minimum Gasteiger partial charge on any atom is -0.491 e. The van der Waals surface area contributed by atoms with Crippen molar-refractivity contribution in [3.63, 3.8) is 0 Å². The average Bonchev–Trinajstić information content (AvgIpc) is 2.76. The number of aryl methyl sites for hydroxylation is 2. The molecule has 0 saturated heterocycles. The molecule has 168 valence electrons. The maximum Gasteiger partial charge on any atom is 0.338 e. The van der Waals surface area contributed by atoms with E-state index in [4.69, 9.17) is 13.7 Å². The molecule has 0 saturated carbocycles. The van der Waals surface area contributed by atoms with Crippen LogP contribution in [0.2, 0.25) is 0 Å². The first-order valence-electron chi connectivity index (χ1n) is 10.1. The summed E-state index contributed by atoms with van der Waals surface area (Å²) in [5.74, 6) is 0.333. The molecule has 0 spiro atoms. The molecule has 0 aliphatic rings. The van der Waals surface area contributed by atoms with Crippen LogP contribution in [0.4, 0.5) is 0 Å². The molecule has 3 aromatic rings. The second kappa shape index (κ2) is 10.4. The van der Waals surface area contributed by atoms with E-state index < -0.39 is 10.1 Å². The van der Waals surface area contributed by atoms with Gasteiger partial charge in [-0.1, -0.05) is 42.5 Å². The first-order valence-corrected chi connectivity index (χ1v) is 11.9. The summed E-state index contributed by atoms with van der Waals surface area (Å²) < 4.78 is 37.9. The normalized spacial score (nSPS) is 11.2. The van der Waals surface area contributed by atoms with Crippen molar-refractivity contribution in [3.05, 3.63) is 89.0 Å². The Hall–Kier alpha value is -3.16. The molecular formula is C25H26O6S. The van der Waals surface area contributed by atoms with Crippen molar-refractivity contribution < 1.29 is 26.9 Å². The Morgan fingerprint density at radius 2 is 1.47 bits per heavy atom. The highest BCUT2D eigenvalue weighted by atomic mass is 32.2. The first kappa shape index (κ1) is 23.5. The van der Waals surface area contributed by atoms with Gasteiger partial charge in [-0.2, -0.15) is 8.42 Å². The molecule has 6 nitrogen and oxygen atoms in total. The van der Waals surface area contributed by atoms with Gasteiger partial charge < -0.3 is 9.47 Å². The highest BCUT2D eigenvalue weighted by molar-refractivity contribution is 7.85.